The van der Waals surface area contributed by atoms with Crippen LogP contribution in [-0.2, 0) is 4.74 Å². The Kier molecular flexibility index (Phi) is 6.48. The second kappa shape index (κ2) is 9.48. The Hall–Kier alpha value is -3.62. The van der Waals surface area contributed by atoms with Gasteiger partial charge in [-0.25, -0.2) is 13.6 Å². The molecule has 2 atom stereocenters. The lowest BCUT2D eigenvalue weighted by molar-refractivity contribution is 0.0164. The van der Waals surface area contributed by atoms with Crippen molar-refractivity contribution < 1.29 is 33.3 Å². The van der Waals surface area contributed by atoms with Crippen LogP contribution >= 0.6 is 0 Å². The van der Waals surface area contributed by atoms with E-state index in [4.69, 9.17) is 4.74 Å². The third-order valence-corrected chi connectivity index (χ3v) is 5.76. The molecular formula is C25H21F2NO5. The third kappa shape index (κ3) is 4.35. The fourth-order valence-electron chi connectivity index (χ4n) is 4.08. The summed E-state index contributed by atoms with van der Waals surface area (Å²) in [6.07, 6.45) is -4.25. The summed E-state index contributed by atoms with van der Waals surface area (Å²) < 4.78 is 33.0. The molecular weight excluding hydrogens is 432 g/mol. The topological polar surface area (TPSA) is 95.9 Å². The molecule has 6 nitrogen and oxygen atoms in total. The summed E-state index contributed by atoms with van der Waals surface area (Å²) >= 11 is 0. The zero-order valence-corrected chi connectivity index (χ0v) is 17.4. The van der Waals surface area contributed by atoms with Crippen LogP contribution in [-0.4, -0.2) is 41.8 Å². The summed E-state index contributed by atoms with van der Waals surface area (Å²) in [5, 5.41) is 22.7. The maximum Gasteiger partial charge on any atom is 0.407 e. The number of aldehydes is 1. The standard InChI is InChI=1S/C25H21F2NO5/c26-21-10-9-18(23(27)19(21)12-29)24(31)22(30)11-28-25(32)33-13-20-16-7-3-1-5-14(16)15-6-2-4-8-17(15)20/h1-10,12,20,22,24,30-31H,11,13H2,(H,28,32). The lowest BCUT2D eigenvalue weighted by Crippen LogP contribution is -2.36. The van der Waals surface area contributed by atoms with Crippen molar-refractivity contribution >= 4 is 12.4 Å². The van der Waals surface area contributed by atoms with Crippen molar-refractivity contribution in [2.75, 3.05) is 13.2 Å². The van der Waals surface area contributed by atoms with Crippen LogP contribution in [0.5, 0.6) is 0 Å². The highest BCUT2D eigenvalue weighted by Gasteiger charge is 2.29. The summed E-state index contributed by atoms with van der Waals surface area (Å²) in [6.45, 7) is -0.390. The van der Waals surface area contributed by atoms with Crippen molar-refractivity contribution in [1.82, 2.24) is 5.32 Å². The number of fused-ring (bicyclic) bond motifs is 3. The van der Waals surface area contributed by atoms with Crippen LogP contribution in [0.3, 0.4) is 0 Å². The fourth-order valence-corrected chi connectivity index (χ4v) is 4.08. The molecule has 0 radical (unpaired) electrons. The molecule has 0 bridgehead atoms. The monoisotopic (exact) mass is 453 g/mol. The fraction of sp³-hybridized carbons (Fsp3) is 0.200. The molecule has 4 rings (SSSR count). The number of rotatable bonds is 7. The predicted molar refractivity (Wildman–Crippen MR) is 116 cm³/mol. The molecule has 0 aromatic heterocycles. The van der Waals surface area contributed by atoms with Gasteiger partial charge in [0.05, 0.1) is 5.56 Å². The van der Waals surface area contributed by atoms with Crippen molar-refractivity contribution in [1.29, 1.82) is 0 Å². The van der Waals surface area contributed by atoms with Crippen LogP contribution < -0.4 is 5.32 Å². The second-order valence-corrected chi connectivity index (χ2v) is 7.70. The van der Waals surface area contributed by atoms with Crippen molar-refractivity contribution in [3.8, 4) is 11.1 Å². The highest BCUT2D eigenvalue weighted by atomic mass is 19.1. The SMILES string of the molecule is O=Cc1c(F)ccc(C(O)C(O)CNC(=O)OCC2c3ccccc3-c3ccccc32)c1F. The molecule has 1 aliphatic carbocycles. The molecule has 1 amide bonds. The first-order chi connectivity index (χ1) is 15.9. The van der Waals surface area contributed by atoms with Gasteiger partial charge in [-0.2, -0.15) is 0 Å². The van der Waals surface area contributed by atoms with Crippen LogP contribution in [0.1, 0.15) is 39.1 Å². The number of amides is 1. The molecule has 3 aromatic carbocycles. The quantitative estimate of drug-likeness (QED) is 0.474. The number of aliphatic hydroxyl groups excluding tert-OH is 2. The Morgan fingerprint density at radius 1 is 1.00 bits per heavy atom. The van der Waals surface area contributed by atoms with Crippen molar-refractivity contribution in [3.63, 3.8) is 0 Å². The first-order valence-corrected chi connectivity index (χ1v) is 10.3. The summed E-state index contributed by atoms with van der Waals surface area (Å²) in [5.74, 6) is -2.49. The summed E-state index contributed by atoms with van der Waals surface area (Å²) in [4.78, 5) is 23.0. The Morgan fingerprint density at radius 3 is 2.21 bits per heavy atom. The van der Waals surface area contributed by atoms with Crippen LogP contribution in [0.2, 0.25) is 0 Å². The van der Waals surface area contributed by atoms with E-state index >= 15 is 0 Å². The van der Waals surface area contributed by atoms with Gasteiger partial charge in [-0.1, -0.05) is 54.6 Å². The zero-order valence-electron chi connectivity index (χ0n) is 17.4. The van der Waals surface area contributed by atoms with Gasteiger partial charge in [-0.05, 0) is 28.3 Å². The molecule has 0 heterocycles. The number of benzene rings is 3. The second-order valence-electron chi connectivity index (χ2n) is 7.70. The Balaban J connectivity index is 1.36. The number of hydrogen-bond donors (Lipinski definition) is 3. The normalized spacial score (nSPS) is 14.2. The van der Waals surface area contributed by atoms with E-state index in [2.05, 4.69) is 5.32 Å². The number of nitrogens with one attached hydrogen (secondary N) is 1. The van der Waals surface area contributed by atoms with Gasteiger partial charge in [-0.3, -0.25) is 4.79 Å². The number of alkyl carbamates (subject to hydrolysis) is 1. The largest absolute Gasteiger partial charge is 0.449 e. The van der Waals surface area contributed by atoms with E-state index in [0.717, 1.165) is 34.4 Å². The maximum atomic E-state index is 14.2. The van der Waals surface area contributed by atoms with Gasteiger partial charge in [0, 0.05) is 18.0 Å². The van der Waals surface area contributed by atoms with Gasteiger partial charge in [0.25, 0.3) is 0 Å². The molecule has 0 saturated carbocycles. The van der Waals surface area contributed by atoms with Crippen LogP contribution in [0.25, 0.3) is 11.1 Å². The Labute approximate surface area is 188 Å². The summed E-state index contributed by atoms with van der Waals surface area (Å²) in [7, 11) is 0. The van der Waals surface area contributed by atoms with E-state index in [1.807, 2.05) is 48.5 Å². The number of halogens is 2. The highest BCUT2D eigenvalue weighted by molar-refractivity contribution is 5.79. The zero-order chi connectivity index (χ0) is 23.5. The van der Waals surface area contributed by atoms with Gasteiger partial charge in [-0.15, -0.1) is 0 Å². The minimum atomic E-state index is -1.79. The van der Waals surface area contributed by atoms with Crippen molar-refractivity contribution in [2.45, 2.75) is 18.1 Å². The van der Waals surface area contributed by atoms with E-state index in [9.17, 15) is 28.6 Å². The molecule has 3 aromatic rings. The van der Waals surface area contributed by atoms with Crippen molar-refractivity contribution in [3.05, 3.63) is 94.6 Å². The van der Waals surface area contributed by atoms with E-state index < -0.39 is 47.6 Å². The highest BCUT2D eigenvalue weighted by Crippen LogP contribution is 2.44. The third-order valence-electron chi connectivity index (χ3n) is 5.76. The average molecular weight is 453 g/mol. The number of ether oxygens (including phenoxy) is 1. The molecule has 1 aliphatic rings. The Bertz CT molecular complexity index is 1150. The van der Waals surface area contributed by atoms with Gasteiger partial charge in [0.15, 0.2) is 6.29 Å². The van der Waals surface area contributed by atoms with Crippen LogP contribution in [0, 0.1) is 11.6 Å². The molecule has 0 aliphatic heterocycles. The molecule has 3 N–H and O–H groups in total. The lowest BCUT2D eigenvalue weighted by Gasteiger charge is -2.20. The molecule has 0 spiro atoms. The lowest BCUT2D eigenvalue weighted by atomic mass is 9.98. The Morgan fingerprint density at radius 2 is 1.61 bits per heavy atom. The minimum absolute atomic E-state index is 0.0117. The van der Waals surface area contributed by atoms with Crippen molar-refractivity contribution in [2.24, 2.45) is 0 Å². The molecule has 170 valence electrons. The van der Waals surface area contributed by atoms with E-state index in [0.29, 0.717) is 0 Å². The number of aliphatic hydroxyl groups is 2. The smallest absolute Gasteiger partial charge is 0.407 e. The maximum absolute atomic E-state index is 14.2. The van der Waals surface area contributed by atoms with E-state index in [-0.39, 0.29) is 18.8 Å². The number of hydrogen-bond acceptors (Lipinski definition) is 5. The first kappa shape index (κ1) is 22.6. The average Bonchev–Trinajstić information content (AvgIpc) is 3.15. The number of carbonyl (C=O) groups excluding carboxylic acids is 2. The molecule has 0 saturated heterocycles. The van der Waals surface area contributed by atoms with Gasteiger partial charge in [0.2, 0.25) is 0 Å². The minimum Gasteiger partial charge on any atom is -0.449 e. The van der Waals surface area contributed by atoms with E-state index in [1.54, 1.807) is 0 Å². The number of carbonyl (C=O) groups is 2. The molecule has 33 heavy (non-hydrogen) atoms. The van der Waals surface area contributed by atoms with Gasteiger partial charge < -0.3 is 20.3 Å². The van der Waals surface area contributed by atoms with Gasteiger partial charge in [0.1, 0.15) is 30.4 Å². The first-order valence-electron chi connectivity index (χ1n) is 10.3. The molecule has 0 fully saturated rings. The predicted octanol–water partition coefficient (Wildman–Crippen LogP) is 3.71. The summed E-state index contributed by atoms with van der Waals surface area (Å²) in [5.41, 5.74) is 2.94. The van der Waals surface area contributed by atoms with E-state index in [1.165, 1.54) is 0 Å². The molecule has 2 unspecified atom stereocenters. The van der Waals surface area contributed by atoms with Gasteiger partial charge >= 0.3 is 6.09 Å². The summed E-state index contributed by atoms with van der Waals surface area (Å²) in [6, 6.07) is 17.4. The molecule has 8 heteroatoms. The van der Waals surface area contributed by atoms with Crippen LogP contribution in [0.4, 0.5) is 13.6 Å². The van der Waals surface area contributed by atoms with Crippen LogP contribution in [0.15, 0.2) is 60.7 Å².